The fourth-order valence-electron chi connectivity index (χ4n) is 3.63. The number of hydrogen-bond donors (Lipinski definition) is 0. The molecule has 4 nitrogen and oxygen atoms in total. The lowest BCUT2D eigenvalue weighted by Crippen LogP contribution is -2.58. The van der Waals surface area contributed by atoms with Crippen LogP contribution in [0.1, 0.15) is 49.7 Å². The molecule has 1 aliphatic heterocycles. The molecule has 0 radical (unpaired) electrons. The summed E-state index contributed by atoms with van der Waals surface area (Å²) in [4.78, 5) is 21.4. The molecular weight excluding hydrogens is 310 g/mol. The van der Waals surface area contributed by atoms with Gasteiger partial charge in [0.15, 0.2) is 0 Å². The van der Waals surface area contributed by atoms with Crippen molar-refractivity contribution in [3.63, 3.8) is 0 Å². The van der Waals surface area contributed by atoms with Crippen LogP contribution in [0, 0.1) is 0 Å². The van der Waals surface area contributed by atoms with Gasteiger partial charge in [-0.3, -0.25) is 9.78 Å². The van der Waals surface area contributed by atoms with Crippen molar-refractivity contribution in [3.05, 3.63) is 59.9 Å². The number of nitrogens with zero attached hydrogens (tertiary/aromatic N) is 3. The molecule has 25 heavy (non-hydrogen) atoms. The zero-order valence-electron chi connectivity index (χ0n) is 15.5. The van der Waals surface area contributed by atoms with Crippen LogP contribution in [0.3, 0.4) is 0 Å². The summed E-state index contributed by atoms with van der Waals surface area (Å²) in [6.45, 7) is 10.3. The minimum Gasteiger partial charge on any atom is -0.367 e. The van der Waals surface area contributed by atoms with Gasteiger partial charge in [0.2, 0.25) is 0 Å². The maximum atomic E-state index is 12.8. The molecular formula is C21H27N3O. The molecule has 0 spiro atoms. The summed E-state index contributed by atoms with van der Waals surface area (Å²) in [7, 11) is 0. The van der Waals surface area contributed by atoms with Crippen LogP contribution in [-0.4, -0.2) is 41.0 Å². The third-order valence-electron chi connectivity index (χ3n) is 4.96. The first-order chi connectivity index (χ1) is 12.0. The number of benzene rings is 1. The molecule has 0 N–H and O–H groups in total. The molecule has 2 heterocycles. The van der Waals surface area contributed by atoms with Crippen molar-refractivity contribution in [2.75, 3.05) is 18.0 Å². The smallest absolute Gasteiger partial charge is 0.273 e. The van der Waals surface area contributed by atoms with Gasteiger partial charge < -0.3 is 9.80 Å². The Bertz CT molecular complexity index is 700. The summed E-state index contributed by atoms with van der Waals surface area (Å²) in [5.74, 6) is 0.565. The van der Waals surface area contributed by atoms with Gasteiger partial charge in [-0.1, -0.05) is 32.0 Å². The molecule has 1 fully saturated rings. The van der Waals surface area contributed by atoms with Crippen LogP contribution in [0.2, 0.25) is 0 Å². The summed E-state index contributed by atoms with van der Waals surface area (Å²) in [6, 6.07) is 14.6. The highest BCUT2D eigenvalue weighted by atomic mass is 16.2. The van der Waals surface area contributed by atoms with Crippen molar-refractivity contribution in [2.45, 2.75) is 45.7 Å². The van der Waals surface area contributed by atoms with Crippen molar-refractivity contribution in [1.82, 2.24) is 9.88 Å². The Kier molecular flexibility index (Phi) is 5.07. The van der Waals surface area contributed by atoms with Gasteiger partial charge in [-0.15, -0.1) is 0 Å². The minimum atomic E-state index is 0.0235. The zero-order chi connectivity index (χ0) is 18.0. The van der Waals surface area contributed by atoms with E-state index in [9.17, 15) is 4.79 Å². The third kappa shape index (κ3) is 3.68. The van der Waals surface area contributed by atoms with Crippen LogP contribution in [-0.2, 0) is 0 Å². The second kappa shape index (κ2) is 7.26. The summed E-state index contributed by atoms with van der Waals surface area (Å²) >= 11 is 0. The van der Waals surface area contributed by atoms with Crippen molar-refractivity contribution < 1.29 is 4.79 Å². The number of anilines is 1. The van der Waals surface area contributed by atoms with Gasteiger partial charge in [-0.25, -0.2) is 0 Å². The van der Waals surface area contributed by atoms with Crippen molar-refractivity contribution in [2.24, 2.45) is 0 Å². The first-order valence-corrected chi connectivity index (χ1v) is 9.06. The SMILES string of the molecule is CC(C)c1ccc(N2C[C@@H](C)N(C(=O)c3ccccn3)[C@@H](C)C2)cc1. The molecule has 1 aliphatic rings. The van der Waals surface area contributed by atoms with Gasteiger partial charge in [-0.2, -0.15) is 0 Å². The Labute approximate surface area is 150 Å². The standard InChI is InChI=1S/C21H27N3O/c1-15(2)18-8-10-19(11-9-18)23-13-16(3)24(17(4)14-23)21(25)20-7-5-6-12-22-20/h5-12,15-17H,13-14H2,1-4H3/t16-,17+. The Balaban J connectivity index is 1.74. The fraction of sp³-hybridized carbons (Fsp3) is 0.429. The van der Waals surface area contributed by atoms with E-state index in [1.165, 1.54) is 11.3 Å². The molecule has 1 saturated heterocycles. The van der Waals surface area contributed by atoms with Crippen LogP contribution in [0.4, 0.5) is 5.69 Å². The molecule has 0 unspecified atom stereocenters. The largest absolute Gasteiger partial charge is 0.367 e. The average molecular weight is 337 g/mol. The summed E-state index contributed by atoms with van der Waals surface area (Å²) in [6.07, 6.45) is 1.68. The van der Waals surface area contributed by atoms with Crippen LogP contribution in [0.25, 0.3) is 0 Å². The molecule has 3 rings (SSSR count). The highest BCUT2D eigenvalue weighted by Crippen LogP contribution is 2.25. The van der Waals surface area contributed by atoms with Crippen molar-refractivity contribution >= 4 is 11.6 Å². The first-order valence-electron chi connectivity index (χ1n) is 9.06. The highest BCUT2D eigenvalue weighted by Gasteiger charge is 2.33. The molecule has 2 aromatic rings. The maximum absolute atomic E-state index is 12.8. The van der Waals surface area contributed by atoms with Crippen molar-refractivity contribution in [3.8, 4) is 0 Å². The lowest BCUT2D eigenvalue weighted by molar-refractivity contribution is 0.0568. The van der Waals surface area contributed by atoms with Gasteiger partial charge in [-0.05, 0) is 49.6 Å². The van der Waals surface area contributed by atoms with E-state index in [1.807, 2.05) is 17.0 Å². The van der Waals surface area contributed by atoms with Gasteiger partial charge >= 0.3 is 0 Å². The van der Waals surface area contributed by atoms with Gasteiger partial charge in [0, 0.05) is 37.1 Å². The predicted molar refractivity (Wildman–Crippen MR) is 102 cm³/mol. The molecule has 0 saturated carbocycles. The Morgan fingerprint density at radius 3 is 2.20 bits per heavy atom. The monoisotopic (exact) mass is 337 g/mol. The third-order valence-corrected chi connectivity index (χ3v) is 4.96. The second-order valence-electron chi connectivity index (χ2n) is 7.28. The Morgan fingerprint density at radius 2 is 1.68 bits per heavy atom. The van der Waals surface area contributed by atoms with Crippen LogP contribution >= 0.6 is 0 Å². The zero-order valence-corrected chi connectivity index (χ0v) is 15.5. The summed E-state index contributed by atoms with van der Waals surface area (Å²) < 4.78 is 0. The number of carbonyl (C=O) groups is 1. The molecule has 0 bridgehead atoms. The Morgan fingerprint density at radius 1 is 1.04 bits per heavy atom. The van der Waals surface area contributed by atoms with Gasteiger partial charge in [0.25, 0.3) is 5.91 Å². The number of carbonyl (C=O) groups excluding carboxylic acids is 1. The van der Waals surface area contributed by atoms with E-state index in [1.54, 1.807) is 12.3 Å². The van der Waals surface area contributed by atoms with Crippen LogP contribution in [0.5, 0.6) is 0 Å². The van der Waals surface area contributed by atoms with E-state index in [4.69, 9.17) is 0 Å². The average Bonchev–Trinajstić information content (AvgIpc) is 2.61. The maximum Gasteiger partial charge on any atom is 0.273 e. The topological polar surface area (TPSA) is 36.4 Å². The van der Waals surface area contributed by atoms with E-state index < -0.39 is 0 Å². The lowest BCUT2D eigenvalue weighted by atomic mass is 10.0. The highest BCUT2D eigenvalue weighted by molar-refractivity contribution is 5.92. The number of hydrogen-bond acceptors (Lipinski definition) is 3. The molecule has 1 amide bonds. The van der Waals surface area contributed by atoms with Gasteiger partial charge in [0.1, 0.15) is 5.69 Å². The fourth-order valence-corrected chi connectivity index (χ4v) is 3.63. The molecule has 132 valence electrons. The van der Waals surface area contributed by atoms with Crippen molar-refractivity contribution in [1.29, 1.82) is 0 Å². The van der Waals surface area contributed by atoms with Gasteiger partial charge in [0.05, 0.1) is 0 Å². The minimum absolute atomic E-state index is 0.0235. The normalized spacial score (nSPS) is 20.8. The summed E-state index contributed by atoms with van der Waals surface area (Å²) in [5, 5.41) is 0. The first kappa shape index (κ1) is 17.5. The van der Waals surface area contributed by atoms with E-state index in [-0.39, 0.29) is 18.0 Å². The number of piperazine rings is 1. The van der Waals surface area contributed by atoms with E-state index >= 15 is 0 Å². The molecule has 1 aromatic heterocycles. The van der Waals surface area contributed by atoms with E-state index in [0.717, 1.165) is 13.1 Å². The number of amides is 1. The number of rotatable bonds is 3. The molecule has 1 aromatic carbocycles. The van der Waals surface area contributed by atoms with Crippen LogP contribution in [0.15, 0.2) is 48.7 Å². The lowest BCUT2D eigenvalue weighted by Gasteiger charge is -2.45. The molecule has 2 atom stereocenters. The predicted octanol–water partition coefficient (Wildman–Crippen LogP) is 3.94. The number of pyridine rings is 1. The summed E-state index contributed by atoms with van der Waals surface area (Å²) in [5.41, 5.74) is 3.11. The van der Waals surface area contributed by atoms with E-state index in [2.05, 4.69) is 61.8 Å². The van der Waals surface area contributed by atoms with Crippen LogP contribution < -0.4 is 4.90 Å². The quantitative estimate of drug-likeness (QED) is 0.851. The molecule has 4 heteroatoms. The van der Waals surface area contributed by atoms with E-state index in [0.29, 0.717) is 11.6 Å². The molecule has 0 aliphatic carbocycles. The Hall–Kier alpha value is -2.36. The second-order valence-corrected chi connectivity index (χ2v) is 7.28. The number of aromatic nitrogens is 1.